The molecule has 0 radical (unpaired) electrons. The Bertz CT molecular complexity index is 1850. The normalized spacial score (nSPS) is 14.5. The number of hydrogen-bond acceptors (Lipinski definition) is 7. The van der Waals surface area contributed by atoms with Crippen molar-refractivity contribution in [2.45, 2.75) is 264 Å². The van der Waals surface area contributed by atoms with E-state index in [0.29, 0.717) is 23.9 Å². The summed E-state index contributed by atoms with van der Waals surface area (Å²) in [5.74, 6) is -0.654. The van der Waals surface area contributed by atoms with E-state index in [9.17, 15) is 19.0 Å². The number of carbonyl (C=O) groups is 2. The molecule has 0 aliphatic rings. The fourth-order valence-electron chi connectivity index (χ4n) is 8.59. The van der Waals surface area contributed by atoms with Crippen LogP contribution >= 0.6 is 7.82 Å². The van der Waals surface area contributed by atoms with Crippen LogP contribution in [0.1, 0.15) is 252 Å². The minimum Gasteiger partial charge on any atom is -0.756 e. The molecule has 0 saturated carbocycles. The summed E-state index contributed by atoms with van der Waals surface area (Å²) in [6.07, 6.45) is 84.4. The van der Waals surface area contributed by atoms with E-state index in [1.54, 1.807) is 6.08 Å². The highest BCUT2D eigenvalue weighted by Gasteiger charge is 2.27. The number of rotatable bonds is 57. The van der Waals surface area contributed by atoms with Crippen molar-refractivity contribution in [3.63, 3.8) is 0 Å². The maximum atomic E-state index is 13.5. The molecule has 1 amide bonds. The van der Waals surface area contributed by atoms with Gasteiger partial charge in [-0.15, -0.1) is 0 Å². The minimum atomic E-state index is -4.73. The second-order valence-corrected chi connectivity index (χ2v) is 23.9. The molecule has 462 valence electrons. The van der Waals surface area contributed by atoms with Crippen LogP contribution in [0, 0.1) is 0 Å². The molecule has 0 heterocycles. The van der Waals surface area contributed by atoms with Gasteiger partial charge in [0.15, 0.2) is 0 Å². The zero-order chi connectivity index (χ0) is 59.3. The lowest BCUT2D eigenvalue weighted by molar-refractivity contribution is -0.870. The Morgan fingerprint density at radius 2 is 0.802 bits per heavy atom. The number of phosphoric acid groups is 1. The van der Waals surface area contributed by atoms with E-state index in [2.05, 4.69) is 135 Å². The zero-order valence-electron chi connectivity index (χ0n) is 52.7. The van der Waals surface area contributed by atoms with E-state index in [0.717, 1.165) is 103 Å². The highest BCUT2D eigenvalue weighted by molar-refractivity contribution is 7.45. The van der Waals surface area contributed by atoms with Crippen LogP contribution in [0.15, 0.2) is 134 Å². The number of hydrogen-bond donors (Lipinski definition) is 1. The first-order valence-electron chi connectivity index (χ1n) is 32.5. The first-order valence-corrected chi connectivity index (χ1v) is 34.0. The number of esters is 1. The summed E-state index contributed by atoms with van der Waals surface area (Å²) in [7, 11) is 1.12. The summed E-state index contributed by atoms with van der Waals surface area (Å²) in [6.45, 7) is 6.62. The van der Waals surface area contributed by atoms with Crippen molar-refractivity contribution in [3.05, 3.63) is 134 Å². The molecule has 0 aromatic carbocycles. The average Bonchev–Trinajstić information content (AvgIpc) is 3.43. The second-order valence-electron chi connectivity index (χ2n) is 22.5. The molecule has 0 aromatic rings. The summed E-state index contributed by atoms with van der Waals surface area (Å²) in [5.41, 5.74) is 0. The summed E-state index contributed by atoms with van der Waals surface area (Å²) in [6, 6.07) is -0.941. The lowest BCUT2D eigenvalue weighted by Crippen LogP contribution is -2.47. The monoisotopic (exact) mass is 1140 g/mol. The van der Waals surface area contributed by atoms with Gasteiger partial charge in [-0.25, -0.2) is 0 Å². The molecule has 3 unspecified atom stereocenters. The molecule has 0 aliphatic heterocycles. The Kier molecular flexibility index (Phi) is 56.5. The van der Waals surface area contributed by atoms with Gasteiger partial charge < -0.3 is 28.5 Å². The van der Waals surface area contributed by atoms with Gasteiger partial charge in [-0.05, 0) is 115 Å². The summed E-state index contributed by atoms with van der Waals surface area (Å²) in [4.78, 5) is 40.0. The maximum Gasteiger partial charge on any atom is 0.306 e. The number of likely N-dealkylation sites (N-methyl/N-ethyl adjacent to an activating group) is 1. The quantitative estimate of drug-likeness (QED) is 0.0212. The van der Waals surface area contributed by atoms with E-state index in [1.807, 2.05) is 39.4 Å². The molecule has 10 heteroatoms. The highest BCUT2D eigenvalue weighted by atomic mass is 31.2. The Labute approximate surface area is 498 Å². The number of amides is 1. The van der Waals surface area contributed by atoms with Crippen LogP contribution in [0.25, 0.3) is 0 Å². The fraction of sp³-hybridized carbons (Fsp3) is 0.662. The van der Waals surface area contributed by atoms with Crippen LogP contribution < -0.4 is 10.2 Å². The van der Waals surface area contributed by atoms with Crippen molar-refractivity contribution < 1.29 is 37.3 Å². The average molecular weight is 1150 g/mol. The van der Waals surface area contributed by atoms with Crippen LogP contribution in [0.5, 0.6) is 0 Å². The predicted octanol–water partition coefficient (Wildman–Crippen LogP) is 19.8. The van der Waals surface area contributed by atoms with Crippen LogP contribution in [-0.2, 0) is 27.9 Å². The van der Waals surface area contributed by atoms with E-state index in [4.69, 9.17) is 13.8 Å². The number of unbranched alkanes of at least 4 members (excludes halogenated alkanes) is 21. The molecular formula is C71H121N2O7P. The predicted molar refractivity (Wildman–Crippen MR) is 348 cm³/mol. The van der Waals surface area contributed by atoms with Crippen molar-refractivity contribution in [1.29, 1.82) is 0 Å². The SMILES string of the molecule is CC/C=C\C/C=C\C/C=C\C/C=C\C/C=C\C/C=C\CCC(=O)NC(COP(=O)([O-])OCC[N+](C)(C)C)C(/C=C\CCCCCCCCCCC)OC(=O)CCCCCCCCCCC/C=C\C/C=C\C/C=C\C/C=C\CCCCC. The van der Waals surface area contributed by atoms with Gasteiger partial charge in [0.05, 0.1) is 33.8 Å². The van der Waals surface area contributed by atoms with Crippen molar-refractivity contribution in [2.24, 2.45) is 0 Å². The van der Waals surface area contributed by atoms with Gasteiger partial charge in [0.2, 0.25) is 5.91 Å². The molecule has 0 bridgehead atoms. The molecular weight excluding hydrogens is 1020 g/mol. The standard InChI is InChI=1S/C71H121N2O7P/c1-7-10-13-16-19-22-25-27-29-31-33-34-35-36-37-38-40-42-44-46-49-52-55-58-61-64-71(75)80-69(62-59-56-53-50-47-24-21-18-15-12-9-3)68(67-79-81(76,77)78-66-65-73(4,5)6)72-70(74)63-60-57-54-51-48-45-43-41-39-32-30-28-26-23-20-17-14-11-8-2/h11,14,19-20,22-23,27-30,33-34,36-37,39,41,45,48,54,57,59,62,68-69H,7-10,12-13,15-18,21,24-26,31-32,35,38,40,42-44,46-47,49-53,55-56,58,60-61,63-67H2,1-6H3,(H-,72,74,76,77)/b14-11-,22-19-,23-20-,29-27-,30-28-,34-33-,37-36-,41-39-,48-45-,57-54-,62-59-. The second kappa shape index (κ2) is 59.3. The van der Waals surface area contributed by atoms with Gasteiger partial charge >= 0.3 is 5.97 Å². The molecule has 9 nitrogen and oxygen atoms in total. The number of carbonyl (C=O) groups excluding carboxylic acids is 2. The number of phosphoric ester groups is 1. The molecule has 0 fully saturated rings. The number of nitrogens with zero attached hydrogens (tertiary/aromatic N) is 1. The minimum absolute atomic E-state index is 0.0440. The van der Waals surface area contributed by atoms with E-state index in [-0.39, 0.29) is 31.3 Å². The summed E-state index contributed by atoms with van der Waals surface area (Å²) < 4.78 is 30.3. The Morgan fingerprint density at radius 1 is 0.444 bits per heavy atom. The highest BCUT2D eigenvalue weighted by Crippen LogP contribution is 2.38. The number of quaternary nitrogens is 1. The van der Waals surface area contributed by atoms with Gasteiger partial charge in [-0.3, -0.25) is 14.2 Å². The zero-order valence-corrected chi connectivity index (χ0v) is 53.6. The first kappa shape index (κ1) is 77.2. The Morgan fingerprint density at radius 3 is 1.23 bits per heavy atom. The lowest BCUT2D eigenvalue weighted by Gasteiger charge is -2.30. The largest absolute Gasteiger partial charge is 0.756 e. The molecule has 0 spiro atoms. The summed E-state index contributed by atoms with van der Waals surface area (Å²) >= 11 is 0. The molecule has 1 N–H and O–H groups in total. The van der Waals surface area contributed by atoms with Crippen LogP contribution in [0.2, 0.25) is 0 Å². The topological polar surface area (TPSA) is 114 Å². The van der Waals surface area contributed by atoms with Gasteiger partial charge in [0.1, 0.15) is 19.3 Å². The van der Waals surface area contributed by atoms with Crippen LogP contribution in [-0.4, -0.2) is 69.4 Å². The van der Waals surface area contributed by atoms with Gasteiger partial charge in [0.25, 0.3) is 7.82 Å². The van der Waals surface area contributed by atoms with Gasteiger partial charge in [0, 0.05) is 12.8 Å². The maximum absolute atomic E-state index is 13.5. The summed E-state index contributed by atoms with van der Waals surface area (Å²) in [5, 5.41) is 2.97. The third-order valence-corrected chi connectivity index (χ3v) is 14.5. The molecule has 0 rings (SSSR count). The molecule has 0 aromatic heterocycles. The Balaban J connectivity index is 5.25. The fourth-order valence-corrected chi connectivity index (χ4v) is 9.31. The van der Waals surface area contributed by atoms with Gasteiger partial charge in [-0.1, -0.05) is 258 Å². The first-order chi connectivity index (χ1) is 39.4. The Hall–Kier alpha value is -3.85. The molecule has 3 atom stereocenters. The smallest absolute Gasteiger partial charge is 0.306 e. The van der Waals surface area contributed by atoms with Gasteiger partial charge in [-0.2, -0.15) is 0 Å². The van der Waals surface area contributed by atoms with Crippen molar-refractivity contribution >= 4 is 19.7 Å². The number of allylic oxidation sites excluding steroid dienone is 21. The number of nitrogens with one attached hydrogen (secondary N) is 1. The lowest BCUT2D eigenvalue weighted by atomic mass is 10.1. The third-order valence-electron chi connectivity index (χ3n) is 13.6. The number of ether oxygens (including phenoxy) is 1. The van der Waals surface area contributed by atoms with Crippen LogP contribution in [0.4, 0.5) is 0 Å². The van der Waals surface area contributed by atoms with E-state index in [1.165, 1.54) is 103 Å². The molecule has 0 saturated heterocycles. The molecule has 0 aliphatic carbocycles. The third kappa shape index (κ3) is 60.6. The van der Waals surface area contributed by atoms with Crippen molar-refractivity contribution in [3.8, 4) is 0 Å². The molecule has 81 heavy (non-hydrogen) atoms. The van der Waals surface area contributed by atoms with Crippen molar-refractivity contribution in [2.75, 3.05) is 40.9 Å². The van der Waals surface area contributed by atoms with E-state index < -0.39 is 26.6 Å². The van der Waals surface area contributed by atoms with Crippen molar-refractivity contribution in [1.82, 2.24) is 5.32 Å². The van der Waals surface area contributed by atoms with E-state index >= 15 is 0 Å². The van der Waals surface area contributed by atoms with Crippen LogP contribution in [0.3, 0.4) is 0 Å².